The van der Waals surface area contributed by atoms with E-state index in [0.717, 1.165) is 29.3 Å². The van der Waals surface area contributed by atoms with Gasteiger partial charge in [0.25, 0.3) is 0 Å². The number of halogens is 3. The molecule has 8 heteroatoms. The van der Waals surface area contributed by atoms with Gasteiger partial charge in [0.1, 0.15) is 11.1 Å². The molecule has 4 rings (SSSR count). The Kier molecular flexibility index (Phi) is 5.82. The summed E-state index contributed by atoms with van der Waals surface area (Å²) in [5, 5.41) is 2.76. The Morgan fingerprint density at radius 2 is 1.65 bits per heavy atom. The number of carbonyl (C=O) groups excluding carboxylic acids is 1. The normalized spacial score (nSPS) is 16.5. The highest BCUT2D eigenvalue weighted by Gasteiger charge is 2.36. The van der Waals surface area contributed by atoms with Crippen molar-refractivity contribution in [3.63, 3.8) is 0 Å². The van der Waals surface area contributed by atoms with E-state index in [1.54, 1.807) is 30.2 Å². The summed E-state index contributed by atoms with van der Waals surface area (Å²) in [5.41, 5.74) is 2.07. The molecule has 1 unspecified atom stereocenters. The van der Waals surface area contributed by atoms with Crippen LogP contribution in [-0.4, -0.2) is 18.8 Å². The van der Waals surface area contributed by atoms with Crippen LogP contribution >= 0.6 is 11.8 Å². The standard InChI is InChI=1S/C23H19F3N2O2S/c1-30-20-11-7-18(8-12-20)27-17-5-9-19(10-6-17)28-21(29)14-31-22(28)15-3-2-4-16(13-15)23(24,25)26/h2-13,22,27H,14H2,1H3. The van der Waals surface area contributed by atoms with Crippen LogP contribution in [0.4, 0.5) is 30.2 Å². The van der Waals surface area contributed by atoms with Gasteiger partial charge in [-0.3, -0.25) is 9.69 Å². The van der Waals surface area contributed by atoms with Gasteiger partial charge in [0, 0.05) is 17.1 Å². The SMILES string of the molecule is COc1ccc(Nc2ccc(N3C(=O)CSC3c3cccc(C(F)(F)F)c3)cc2)cc1. The average molecular weight is 444 g/mol. The van der Waals surface area contributed by atoms with Crippen LogP contribution in [-0.2, 0) is 11.0 Å². The second-order valence-electron chi connectivity index (χ2n) is 6.95. The summed E-state index contributed by atoms with van der Waals surface area (Å²) >= 11 is 1.32. The highest BCUT2D eigenvalue weighted by atomic mass is 32.2. The Balaban J connectivity index is 1.55. The third kappa shape index (κ3) is 4.64. The number of nitrogens with zero attached hydrogens (tertiary/aromatic N) is 1. The predicted octanol–water partition coefficient (Wildman–Crippen LogP) is 6.24. The first-order valence-corrected chi connectivity index (χ1v) is 10.5. The summed E-state index contributed by atoms with van der Waals surface area (Å²) in [6.07, 6.45) is -4.43. The highest BCUT2D eigenvalue weighted by molar-refractivity contribution is 8.00. The van der Waals surface area contributed by atoms with Crippen LogP contribution in [0.15, 0.2) is 72.8 Å². The molecule has 1 saturated heterocycles. The second-order valence-corrected chi connectivity index (χ2v) is 8.02. The van der Waals surface area contributed by atoms with Crippen molar-refractivity contribution in [1.29, 1.82) is 0 Å². The van der Waals surface area contributed by atoms with Crippen LogP contribution in [0.25, 0.3) is 0 Å². The van der Waals surface area contributed by atoms with Crippen molar-refractivity contribution in [2.45, 2.75) is 11.6 Å². The van der Waals surface area contributed by atoms with E-state index < -0.39 is 17.1 Å². The Bertz CT molecular complexity index is 1070. The van der Waals surface area contributed by atoms with Gasteiger partial charge in [-0.1, -0.05) is 12.1 Å². The second kappa shape index (κ2) is 8.55. The molecular formula is C23H19F3N2O2S. The number of carbonyl (C=O) groups is 1. The van der Waals surface area contributed by atoms with Gasteiger partial charge < -0.3 is 10.1 Å². The van der Waals surface area contributed by atoms with Crippen molar-refractivity contribution in [2.75, 3.05) is 23.1 Å². The first kappa shape index (κ1) is 21.1. The Morgan fingerprint density at radius 1 is 1.00 bits per heavy atom. The molecule has 4 nitrogen and oxygen atoms in total. The van der Waals surface area contributed by atoms with Gasteiger partial charge in [0.15, 0.2) is 0 Å². The molecule has 1 N–H and O–H groups in total. The topological polar surface area (TPSA) is 41.6 Å². The zero-order chi connectivity index (χ0) is 22.0. The van der Waals surface area contributed by atoms with Crippen LogP contribution < -0.4 is 15.0 Å². The molecule has 31 heavy (non-hydrogen) atoms. The maximum absolute atomic E-state index is 13.1. The first-order valence-electron chi connectivity index (χ1n) is 9.47. The summed E-state index contributed by atoms with van der Waals surface area (Å²) in [6.45, 7) is 0. The number of benzene rings is 3. The fourth-order valence-corrected chi connectivity index (χ4v) is 4.53. The number of amides is 1. The molecule has 0 aromatic heterocycles. The van der Waals surface area contributed by atoms with Crippen molar-refractivity contribution in [3.8, 4) is 5.75 Å². The maximum Gasteiger partial charge on any atom is 0.416 e. The zero-order valence-electron chi connectivity index (χ0n) is 16.5. The van der Waals surface area contributed by atoms with E-state index in [-0.39, 0.29) is 11.7 Å². The molecule has 0 radical (unpaired) electrons. The lowest BCUT2D eigenvalue weighted by Crippen LogP contribution is -2.27. The fourth-order valence-electron chi connectivity index (χ4n) is 3.36. The van der Waals surface area contributed by atoms with E-state index in [4.69, 9.17) is 4.74 Å². The predicted molar refractivity (Wildman–Crippen MR) is 117 cm³/mol. The number of hydrogen-bond acceptors (Lipinski definition) is 4. The lowest BCUT2D eigenvalue weighted by Gasteiger charge is -2.25. The van der Waals surface area contributed by atoms with Crippen molar-refractivity contribution in [2.24, 2.45) is 0 Å². The molecule has 1 aliphatic rings. The van der Waals surface area contributed by atoms with Crippen LogP contribution in [0.1, 0.15) is 16.5 Å². The molecule has 3 aromatic carbocycles. The lowest BCUT2D eigenvalue weighted by molar-refractivity contribution is -0.137. The number of hydrogen-bond donors (Lipinski definition) is 1. The van der Waals surface area contributed by atoms with E-state index in [9.17, 15) is 18.0 Å². The van der Waals surface area contributed by atoms with Gasteiger partial charge in [0.2, 0.25) is 5.91 Å². The van der Waals surface area contributed by atoms with Gasteiger partial charge in [-0.05, 0) is 66.2 Å². The van der Waals surface area contributed by atoms with Crippen LogP contribution in [0.5, 0.6) is 5.75 Å². The molecule has 160 valence electrons. The van der Waals surface area contributed by atoms with E-state index in [1.165, 1.54) is 17.8 Å². The minimum Gasteiger partial charge on any atom is -0.497 e. The zero-order valence-corrected chi connectivity index (χ0v) is 17.3. The van der Waals surface area contributed by atoms with E-state index >= 15 is 0 Å². The molecule has 3 aromatic rings. The van der Waals surface area contributed by atoms with E-state index in [1.807, 2.05) is 36.4 Å². The molecule has 0 aliphatic carbocycles. The number of alkyl halides is 3. The van der Waals surface area contributed by atoms with Gasteiger partial charge in [-0.25, -0.2) is 0 Å². The summed E-state index contributed by atoms with van der Waals surface area (Å²) in [6, 6.07) is 19.9. The molecule has 1 amide bonds. The van der Waals surface area contributed by atoms with Gasteiger partial charge in [-0.2, -0.15) is 13.2 Å². The lowest BCUT2D eigenvalue weighted by atomic mass is 10.1. The number of rotatable bonds is 5. The molecule has 0 bridgehead atoms. The van der Waals surface area contributed by atoms with E-state index in [0.29, 0.717) is 11.3 Å². The fraction of sp³-hybridized carbons (Fsp3) is 0.174. The Hall–Kier alpha value is -3.13. The average Bonchev–Trinajstić information content (AvgIpc) is 3.16. The third-order valence-electron chi connectivity index (χ3n) is 4.89. The van der Waals surface area contributed by atoms with Gasteiger partial charge >= 0.3 is 6.18 Å². The van der Waals surface area contributed by atoms with Crippen LogP contribution in [0.2, 0.25) is 0 Å². The van der Waals surface area contributed by atoms with Crippen molar-refractivity contribution >= 4 is 34.7 Å². The number of ether oxygens (including phenoxy) is 1. The number of thioether (sulfide) groups is 1. The van der Waals surface area contributed by atoms with Gasteiger partial charge in [-0.15, -0.1) is 11.8 Å². The molecule has 1 aliphatic heterocycles. The van der Waals surface area contributed by atoms with Crippen molar-refractivity contribution < 1.29 is 22.7 Å². The Morgan fingerprint density at radius 3 is 2.26 bits per heavy atom. The minimum absolute atomic E-state index is 0.136. The van der Waals surface area contributed by atoms with Crippen molar-refractivity contribution in [1.82, 2.24) is 0 Å². The summed E-state index contributed by atoms with van der Waals surface area (Å²) < 4.78 is 44.5. The molecule has 0 saturated carbocycles. The molecule has 1 atom stereocenters. The third-order valence-corrected chi connectivity index (χ3v) is 6.10. The van der Waals surface area contributed by atoms with Crippen LogP contribution in [0.3, 0.4) is 0 Å². The number of nitrogens with one attached hydrogen (secondary N) is 1. The summed E-state index contributed by atoms with van der Waals surface area (Å²) in [4.78, 5) is 14.1. The molecule has 1 fully saturated rings. The minimum atomic E-state index is -4.43. The van der Waals surface area contributed by atoms with E-state index in [2.05, 4.69) is 5.32 Å². The van der Waals surface area contributed by atoms with Crippen molar-refractivity contribution in [3.05, 3.63) is 83.9 Å². The number of anilines is 3. The molecule has 0 spiro atoms. The first-order chi connectivity index (χ1) is 14.8. The highest BCUT2D eigenvalue weighted by Crippen LogP contribution is 2.43. The summed E-state index contributed by atoms with van der Waals surface area (Å²) in [7, 11) is 1.60. The number of methoxy groups -OCH3 is 1. The molecule has 1 heterocycles. The van der Waals surface area contributed by atoms with Gasteiger partial charge in [0.05, 0.1) is 18.4 Å². The maximum atomic E-state index is 13.1. The largest absolute Gasteiger partial charge is 0.497 e. The smallest absolute Gasteiger partial charge is 0.416 e. The monoisotopic (exact) mass is 444 g/mol. The summed E-state index contributed by atoms with van der Waals surface area (Å²) in [5.74, 6) is 0.835. The Labute approximate surface area is 182 Å². The molecular weight excluding hydrogens is 425 g/mol. The quantitative estimate of drug-likeness (QED) is 0.506. The van der Waals surface area contributed by atoms with Crippen LogP contribution in [0, 0.1) is 0 Å².